The molecule has 0 spiro atoms. The molecule has 158 valence electrons. The minimum absolute atomic E-state index is 0.150. The van der Waals surface area contributed by atoms with Crippen LogP contribution < -0.4 is 20.1 Å². The Bertz CT molecular complexity index is 1080. The van der Waals surface area contributed by atoms with Gasteiger partial charge in [0.15, 0.2) is 11.5 Å². The first-order valence-corrected chi connectivity index (χ1v) is 10.2. The predicted molar refractivity (Wildman–Crippen MR) is 118 cm³/mol. The second kappa shape index (κ2) is 9.34. The van der Waals surface area contributed by atoms with Crippen LogP contribution >= 0.6 is 0 Å². The fraction of sp³-hybridized carbons (Fsp3) is 0.200. The summed E-state index contributed by atoms with van der Waals surface area (Å²) in [7, 11) is 0. The zero-order chi connectivity index (χ0) is 21.6. The van der Waals surface area contributed by atoms with Crippen molar-refractivity contribution in [3.63, 3.8) is 0 Å². The molecular weight excluding hydrogens is 392 g/mol. The molecule has 2 amide bonds. The Morgan fingerprint density at radius 2 is 1.68 bits per heavy atom. The summed E-state index contributed by atoms with van der Waals surface area (Å²) >= 11 is 0. The van der Waals surface area contributed by atoms with Gasteiger partial charge in [0.25, 0.3) is 5.91 Å². The molecule has 0 aliphatic carbocycles. The van der Waals surface area contributed by atoms with Crippen LogP contribution in [-0.4, -0.2) is 18.6 Å². The van der Waals surface area contributed by atoms with Crippen molar-refractivity contribution in [2.75, 3.05) is 12.1 Å². The van der Waals surface area contributed by atoms with E-state index in [4.69, 9.17) is 9.47 Å². The van der Waals surface area contributed by atoms with Gasteiger partial charge in [0, 0.05) is 6.42 Å². The highest BCUT2D eigenvalue weighted by atomic mass is 16.7. The molecule has 3 aromatic carbocycles. The first kappa shape index (κ1) is 20.5. The number of hydrogen-bond acceptors (Lipinski definition) is 4. The van der Waals surface area contributed by atoms with Crippen molar-refractivity contribution in [2.45, 2.75) is 25.8 Å². The molecule has 31 heavy (non-hydrogen) atoms. The summed E-state index contributed by atoms with van der Waals surface area (Å²) in [5.41, 5.74) is 2.93. The number of amides is 2. The molecule has 2 N–H and O–H groups in total. The Balaban J connectivity index is 1.37. The predicted octanol–water partition coefficient (Wildman–Crippen LogP) is 4.48. The molecular formula is C25H24N2O4. The summed E-state index contributed by atoms with van der Waals surface area (Å²) in [6.45, 7) is 2.15. The van der Waals surface area contributed by atoms with Crippen molar-refractivity contribution < 1.29 is 19.1 Å². The van der Waals surface area contributed by atoms with Gasteiger partial charge in [-0.25, -0.2) is 0 Å². The average molecular weight is 416 g/mol. The molecule has 0 saturated heterocycles. The fourth-order valence-corrected chi connectivity index (χ4v) is 3.46. The van der Waals surface area contributed by atoms with Gasteiger partial charge >= 0.3 is 0 Å². The standard InChI is InChI=1S/C25H24N2O4/c1-17(19-7-3-2-4-8-19)26-25(29)20-9-5-6-10-21(20)27-24(28)14-12-18-11-13-22-23(15-18)31-16-30-22/h2-11,13,15,17H,12,14,16H2,1H3,(H,26,29)(H,27,28)/t17-/m1/s1. The number of aryl methyl sites for hydroxylation is 1. The van der Waals surface area contributed by atoms with Crippen LogP contribution in [0, 0.1) is 0 Å². The van der Waals surface area contributed by atoms with Crippen molar-refractivity contribution in [3.8, 4) is 11.5 Å². The minimum atomic E-state index is -0.233. The summed E-state index contributed by atoms with van der Waals surface area (Å²) in [6, 6.07) is 22.3. The molecule has 1 atom stereocenters. The van der Waals surface area contributed by atoms with E-state index in [1.54, 1.807) is 24.3 Å². The van der Waals surface area contributed by atoms with Crippen LogP contribution in [0.25, 0.3) is 0 Å². The van der Waals surface area contributed by atoms with Crippen LogP contribution in [0.1, 0.15) is 40.9 Å². The molecule has 6 heteroatoms. The third kappa shape index (κ3) is 5.04. The largest absolute Gasteiger partial charge is 0.454 e. The molecule has 0 unspecified atom stereocenters. The number of para-hydroxylation sites is 1. The first-order valence-electron chi connectivity index (χ1n) is 10.2. The molecule has 0 radical (unpaired) electrons. The number of fused-ring (bicyclic) bond motifs is 1. The van der Waals surface area contributed by atoms with Gasteiger partial charge in [-0.3, -0.25) is 9.59 Å². The summed E-state index contributed by atoms with van der Waals surface area (Å²) in [6.07, 6.45) is 0.845. The van der Waals surface area contributed by atoms with Gasteiger partial charge in [0.2, 0.25) is 12.7 Å². The lowest BCUT2D eigenvalue weighted by molar-refractivity contribution is -0.116. The average Bonchev–Trinajstić information content (AvgIpc) is 3.26. The number of hydrogen-bond donors (Lipinski definition) is 2. The molecule has 1 aliphatic rings. The lowest BCUT2D eigenvalue weighted by Gasteiger charge is -2.16. The summed E-state index contributed by atoms with van der Waals surface area (Å²) in [5, 5.41) is 5.86. The van der Waals surface area contributed by atoms with Crippen molar-refractivity contribution in [2.24, 2.45) is 0 Å². The van der Waals surface area contributed by atoms with E-state index in [2.05, 4.69) is 10.6 Å². The van der Waals surface area contributed by atoms with E-state index in [-0.39, 0.29) is 31.1 Å². The van der Waals surface area contributed by atoms with Crippen LogP contribution in [0.2, 0.25) is 0 Å². The second-order valence-corrected chi connectivity index (χ2v) is 7.39. The monoisotopic (exact) mass is 416 g/mol. The third-order valence-corrected chi connectivity index (χ3v) is 5.17. The molecule has 3 aromatic rings. The minimum Gasteiger partial charge on any atom is -0.454 e. The van der Waals surface area contributed by atoms with Gasteiger partial charge in [0.05, 0.1) is 17.3 Å². The number of nitrogens with one attached hydrogen (secondary N) is 2. The number of ether oxygens (including phenoxy) is 2. The molecule has 6 nitrogen and oxygen atoms in total. The van der Waals surface area contributed by atoms with Crippen LogP contribution in [0.4, 0.5) is 5.69 Å². The SMILES string of the molecule is C[C@@H](NC(=O)c1ccccc1NC(=O)CCc1ccc2c(c1)OCO2)c1ccccc1. The van der Waals surface area contributed by atoms with E-state index in [0.29, 0.717) is 23.4 Å². The number of anilines is 1. The van der Waals surface area contributed by atoms with Crippen molar-refractivity contribution in [1.29, 1.82) is 0 Å². The highest BCUT2D eigenvalue weighted by molar-refractivity contribution is 6.03. The Kier molecular flexibility index (Phi) is 6.17. The summed E-state index contributed by atoms with van der Waals surface area (Å²) < 4.78 is 10.7. The Labute approximate surface area is 181 Å². The molecule has 0 aromatic heterocycles. The molecule has 1 aliphatic heterocycles. The van der Waals surface area contributed by atoms with Gasteiger partial charge in [-0.1, -0.05) is 48.5 Å². The molecule has 0 bridgehead atoms. The van der Waals surface area contributed by atoms with E-state index in [1.165, 1.54) is 0 Å². The maximum atomic E-state index is 12.8. The number of rotatable bonds is 7. The highest BCUT2D eigenvalue weighted by Crippen LogP contribution is 2.32. The maximum absolute atomic E-state index is 12.8. The zero-order valence-electron chi connectivity index (χ0n) is 17.3. The van der Waals surface area contributed by atoms with Gasteiger partial charge in [0.1, 0.15) is 0 Å². The number of carbonyl (C=O) groups excluding carboxylic acids is 2. The smallest absolute Gasteiger partial charge is 0.253 e. The Morgan fingerprint density at radius 1 is 0.935 bits per heavy atom. The van der Waals surface area contributed by atoms with Gasteiger partial charge in [-0.15, -0.1) is 0 Å². The van der Waals surface area contributed by atoms with Gasteiger partial charge < -0.3 is 20.1 Å². The topological polar surface area (TPSA) is 76.7 Å². The van der Waals surface area contributed by atoms with Gasteiger partial charge in [-0.2, -0.15) is 0 Å². The number of benzene rings is 3. The van der Waals surface area contributed by atoms with E-state index in [9.17, 15) is 9.59 Å². The summed E-state index contributed by atoms with van der Waals surface area (Å²) in [4.78, 5) is 25.4. The molecule has 0 saturated carbocycles. The van der Waals surface area contributed by atoms with E-state index in [0.717, 1.165) is 16.9 Å². The third-order valence-electron chi connectivity index (χ3n) is 5.17. The highest BCUT2D eigenvalue weighted by Gasteiger charge is 2.17. The second-order valence-electron chi connectivity index (χ2n) is 7.39. The van der Waals surface area contributed by atoms with Crippen LogP contribution in [-0.2, 0) is 11.2 Å². The van der Waals surface area contributed by atoms with Gasteiger partial charge in [-0.05, 0) is 48.7 Å². The number of carbonyl (C=O) groups is 2. The maximum Gasteiger partial charge on any atom is 0.253 e. The Hall–Kier alpha value is -3.80. The van der Waals surface area contributed by atoms with Crippen LogP contribution in [0.3, 0.4) is 0 Å². The lowest BCUT2D eigenvalue weighted by Crippen LogP contribution is -2.28. The zero-order valence-corrected chi connectivity index (χ0v) is 17.3. The van der Waals surface area contributed by atoms with Crippen molar-refractivity contribution >= 4 is 17.5 Å². The molecule has 1 heterocycles. The lowest BCUT2D eigenvalue weighted by atomic mass is 10.1. The van der Waals surface area contributed by atoms with Crippen molar-refractivity contribution in [1.82, 2.24) is 5.32 Å². The molecule has 0 fully saturated rings. The Morgan fingerprint density at radius 3 is 2.52 bits per heavy atom. The fourth-order valence-electron chi connectivity index (χ4n) is 3.46. The first-order chi connectivity index (χ1) is 15.1. The van der Waals surface area contributed by atoms with Crippen LogP contribution in [0.15, 0.2) is 72.8 Å². The normalized spacial score (nSPS) is 12.8. The van der Waals surface area contributed by atoms with E-state index in [1.807, 2.05) is 55.5 Å². The van der Waals surface area contributed by atoms with E-state index >= 15 is 0 Å². The summed E-state index contributed by atoms with van der Waals surface area (Å²) in [5.74, 6) is 1.03. The quantitative estimate of drug-likeness (QED) is 0.596. The van der Waals surface area contributed by atoms with Crippen molar-refractivity contribution in [3.05, 3.63) is 89.5 Å². The van der Waals surface area contributed by atoms with Crippen LogP contribution in [0.5, 0.6) is 11.5 Å². The molecule has 4 rings (SSSR count). The van der Waals surface area contributed by atoms with E-state index < -0.39 is 0 Å².